The van der Waals surface area contributed by atoms with Crippen molar-refractivity contribution in [2.75, 3.05) is 45.7 Å². The number of likely N-dealkylation sites (N-methyl/N-ethyl adjacent to an activating group) is 1. The van der Waals surface area contributed by atoms with Gasteiger partial charge in [-0.3, -0.25) is 4.79 Å². The summed E-state index contributed by atoms with van der Waals surface area (Å²) in [7, 11) is -0.217. The van der Waals surface area contributed by atoms with Crippen molar-refractivity contribution in [1.29, 1.82) is 0 Å². The molecule has 2 aromatic rings. The maximum atomic E-state index is 14.0. The Morgan fingerprint density at radius 1 is 1.07 bits per heavy atom. The fourth-order valence-electron chi connectivity index (χ4n) is 2.89. The van der Waals surface area contributed by atoms with E-state index in [0.29, 0.717) is 37.6 Å². The zero-order valence-electron chi connectivity index (χ0n) is 15.7. The van der Waals surface area contributed by atoms with Gasteiger partial charge in [0.2, 0.25) is 10.0 Å². The van der Waals surface area contributed by atoms with E-state index < -0.39 is 21.7 Å². The van der Waals surface area contributed by atoms with E-state index in [2.05, 4.69) is 10.2 Å². The van der Waals surface area contributed by atoms with Crippen LogP contribution in [0.15, 0.2) is 47.4 Å². The summed E-state index contributed by atoms with van der Waals surface area (Å²) < 4.78 is 45.8. The highest BCUT2D eigenvalue weighted by Gasteiger charge is 2.27. The summed E-state index contributed by atoms with van der Waals surface area (Å²) in [6, 6.07) is 9.80. The van der Waals surface area contributed by atoms with Gasteiger partial charge in [0.1, 0.15) is 11.6 Å². The molecular formula is C19H22FN3O4S. The van der Waals surface area contributed by atoms with Gasteiger partial charge in [0, 0.05) is 37.9 Å². The maximum Gasteiger partial charge on any atom is 0.258 e. The first-order valence-corrected chi connectivity index (χ1v) is 10.2. The molecule has 0 aliphatic carbocycles. The largest absolute Gasteiger partial charge is 0.497 e. The number of hydrogen-bond acceptors (Lipinski definition) is 5. The van der Waals surface area contributed by atoms with Gasteiger partial charge in [0.05, 0.1) is 17.6 Å². The second kappa shape index (κ2) is 8.26. The summed E-state index contributed by atoms with van der Waals surface area (Å²) in [6.45, 7) is 2.24. The van der Waals surface area contributed by atoms with Crippen LogP contribution >= 0.6 is 0 Å². The van der Waals surface area contributed by atoms with Crippen LogP contribution < -0.4 is 10.1 Å². The lowest BCUT2D eigenvalue weighted by molar-refractivity contribution is 0.102. The van der Waals surface area contributed by atoms with Crippen molar-refractivity contribution < 1.29 is 22.3 Å². The topological polar surface area (TPSA) is 78.9 Å². The van der Waals surface area contributed by atoms with Crippen LogP contribution in [0.25, 0.3) is 0 Å². The molecule has 0 spiro atoms. The highest BCUT2D eigenvalue weighted by Crippen LogP contribution is 2.21. The second-order valence-corrected chi connectivity index (χ2v) is 8.47. The molecule has 1 aliphatic rings. The summed E-state index contributed by atoms with van der Waals surface area (Å²) >= 11 is 0. The van der Waals surface area contributed by atoms with Crippen LogP contribution in [0.5, 0.6) is 5.75 Å². The van der Waals surface area contributed by atoms with E-state index >= 15 is 0 Å². The van der Waals surface area contributed by atoms with Crippen molar-refractivity contribution in [1.82, 2.24) is 9.21 Å². The van der Waals surface area contributed by atoms with Crippen molar-refractivity contribution >= 4 is 21.6 Å². The fourth-order valence-corrected chi connectivity index (χ4v) is 4.32. The standard InChI is InChI=1S/C19H22FN3O4S/c1-22-9-11-23(12-10-22)28(25,26)16-6-3-14(4-7-16)21-19(24)17-8-5-15(27-2)13-18(17)20/h3-8,13H,9-12H2,1-2H3,(H,21,24). The van der Waals surface area contributed by atoms with Crippen molar-refractivity contribution in [3.05, 3.63) is 53.8 Å². The number of nitrogens with one attached hydrogen (secondary N) is 1. The number of hydrogen-bond donors (Lipinski definition) is 1. The van der Waals surface area contributed by atoms with Gasteiger partial charge in [-0.1, -0.05) is 0 Å². The minimum atomic E-state index is -3.58. The van der Waals surface area contributed by atoms with Crippen molar-refractivity contribution in [3.8, 4) is 5.75 Å². The number of rotatable bonds is 5. The molecule has 28 heavy (non-hydrogen) atoms. The Morgan fingerprint density at radius 3 is 2.29 bits per heavy atom. The summed E-state index contributed by atoms with van der Waals surface area (Å²) in [5.41, 5.74) is 0.243. The number of sulfonamides is 1. The Hall–Kier alpha value is -2.49. The number of methoxy groups -OCH3 is 1. The molecular weight excluding hydrogens is 385 g/mol. The van der Waals surface area contributed by atoms with Crippen LogP contribution in [-0.2, 0) is 10.0 Å². The molecule has 0 radical (unpaired) electrons. The van der Waals surface area contributed by atoms with E-state index in [4.69, 9.17) is 4.74 Å². The molecule has 1 aliphatic heterocycles. The smallest absolute Gasteiger partial charge is 0.258 e. The summed E-state index contributed by atoms with van der Waals surface area (Å²) in [5.74, 6) is -1.02. The predicted octanol–water partition coefficient (Wildman–Crippen LogP) is 2.02. The molecule has 0 saturated carbocycles. The Kier molecular flexibility index (Phi) is 5.97. The van der Waals surface area contributed by atoms with Crippen LogP contribution in [0.3, 0.4) is 0 Å². The quantitative estimate of drug-likeness (QED) is 0.821. The van der Waals surface area contributed by atoms with Crippen molar-refractivity contribution in [2.45, 2.75) is 4.90 Å². The van der Waals surface area contributed by atoms with Crippen molar-refractivity contribution in [3.63, 3.8) is 0 Å². The van der Waals surface area contributed by atoms with E-state index in [1.165, 1.54) is 47.8 Å². The van der Waals surface area contributed by atoms with Gasteiger partial charge in [-0.05, 0) is 43.4 Å². The SMILES string of the molecule is COc1ccc(C(=O)Nc2ccc(S(=O)(=O)N3CCN(C)CC3)cc2)c(F)c1. The fraction of sp³-hybridized carbons (Fsp3) is 0.316. The van der Waals surface area contributed by atoms with Crippen molar-refractivity contribution in [2.24, 2.45) is 0 Å². The van der Waals surface area contributed by atoms with Gasteiger partial charge >= 0.3 is 0 Å². The molecule has 1 fully saturated rings. The molecule has 1 N–H and O–H groups in total. The highest BCUT2D eigenvalue weighted by atomic mass is 32.2. The van der Waals surface area contributed by atoms with E-state index in [-0.39, 0.29) is 10.5 Å². The van der Waals surface area contributed by atoms with Gasteiger partial charge in [-0.25, -0.2) is 12.8 Å². The third-order valence-electron chi connectivity index (χ3n) is 4.63. The van der Waals surface area contributed by atoms with Crippen LogP contribution in [0.4, 0.5) is 10.1 Å². The zero-order chi connectivity index (χ0) is 20.3. The Bertz CT molecular complexity index is 956. The third kappa shape index (κ3) is 4.32. The average Bonchev–Trinajstić information content (AvgIpc) is 2.68. The van der Waals surface area contributed by atoms with E-state index in [1.807, 2.05) is 7.05 Å². The Morgan fingerprint density at radius 2 is 1.71 bits per heavy atom. The molecule has 2 aromatic carbocycles. The number of anilines is 1. The zero-order valence-corrected chi connectivity index (χ0v) is 16.5. The first-order chi connectivity index (χ1) is 13.3. The lowest BCUT2D eigenvalue weighted by atomic mass is 10.2. The normalized spacial score (nSPS) is 16.0. The number of piperazine rings is 1. The summed E-state index contributed by atoms with van der Waals surface area (Å²) in [5, 5.41) is 2.57. The number of ether oxygens (including phenoxy) is 1. The number of halogens is 1. The first-order valence-electron chi connectivity index (χ1n) is 8.75. The number of carbonyl (C=O) groups is 1. The highest BCUT2D eigenvalue weighted by molar-refractivity contribution is 7.89. The number of benzene rings is 2. The van der Waals surface area contributed by atoms with Gasteiger partial charge in [0.25, 0.3) is 5.91 Å². The minimum Gasteiger partial charge on any atom is -0.497 e. The molecule has 3 rings (SSSR count). The van der Waals surface area contributed by atoms with Gasteiger partial charge < -0.3 is 15.0 Å². The molecule has 0 atom stereocenters. The molecule has 7 nitrogen and oxygen atoms in total. The number of amides is 1. The Labute approximate surface area is 163 Å². The predicted molar refractivity (Wildman–Crippen MR) is 104 cm³/mol. The van der Waals surface area contributed by atoms with E-state index in [1.54, 1.807) is 0 Å². The molecule has 1 heterocycles. The van der Waals surface area contributed by atoms with E-state index in [0.717, 1.165) is 6.07 Å². The second-order valence-electron chi connectivity index (χ2n) is 6.53. The maximum absolute atomic E-state index is 14.0. The number of carbonyl (C=O) groups excluding carboxylic acids is 1. The van der Waals surface area contributed by atoms with Crippen LogP contribution in [0.2, 0.25) is 0 Å². The molecule has 0 unspecified atom stereocenters. The lowest BCUT2D eigenvalue weighted by Crippen LogP contribution is -2.46. The minimum absolute atomic E-state index is 0.130. The lowest BCUT2D eigenvalue weighted by Gasteiger charge is -2.31. The summed E-state index contributed by atoms with van der Waals surface area (Å²) in [4.78, 5) is 14.5. The van der Waals surface area contributed by atoms with Crippen LogP contribution in [-0.4, -0.2) is 63.9 Å². The monoisotopic (exact) mass is 407 g/mol. The van der Waals surface area contributed by atoms with Crippen LogP contribution in [0, 0.1) is 5.82 Å². The van der Waals surface area contributed by atoms with Gasteiger partial charge in [0.15, 0.2) is 0 Å². The Balaban J connectivity index is 1.71. The number of nitrogens with zero attached hydrogens (tertiary/aromatic N) is 2. The third-order valence-corrected chi connectivity index (χ3v) is 6.55. The van der Waals surface area contributed by atoms with E-state index in [9.17, 15) is 17.6 Å². The summed E-state index contributed by atoms with van der Waals surface area (Å²) in [6.07, 6.45) is 0. The average molecular weight is 407 g/mol. The molecule has 9 heteroatoms. The molecule has 1 saturated heterocycles. The molecule has 1 amide bonds. The first kappa shape index (κ1) is 20.2. The molecule has 0 aromatic heterocycles. The molecule has 0 bridgehead atoms. The van der Waals surface area contributed by atoms with Gasteiger partial charge in [-0.2, -0.15) is 4.31 Å². The molecule has 150 valence electrons. The van der Waals surface area contributed by atoms with Crippen LogP contribution in [0.1, 0.15) is 10.4 Å². The van der Waals surface area contributed by atoms with Gasteiger partial charge in [-0.15, -0.1) is 0 Å².